The van der Waals surface area contributed by atoms with Gasteiger partial charge in [-0.2, -0.15) is 13.2 Å². The average Bonchev–Trinajstić information content (AvgIpc) is 1.64. The first kappa shape index (κ1) is 8.26. The molecule has 0 bridgehead atoms. The normalized spacial score (nSPS) is 14.7. The lowest BCUT2D eigenvalue weighted by atomic mass is 10.3. The van der Waals surface area contributed by atoms with E-state index < -0.39 is 12.2 Å². The van der Waals surface area contributed by atoms with Crippen LogP contribution in [0.15, 0.2) is 0 Å². The zero-order chi connectivity index (χ0) is 7.49. The number of carbonyl (C=O) groups excluding carboxylic acids is 1. The van der Waals surface area contributed by atoms with E-state index in [0.29, 0.717) is 0 Å². The molecule has 0 fully saturated rings. The van der Waals surface area contributed by atoms with Gasteiger partial charge < -0.3 is 5.32 Å². The molecule has 1 unspecified atom stereocenters. The Hall–Kier alpha value is -0.740. The summed E-state index contributed by atoms with van der Waals surface area (Å²) in [5.41, 5.74) is 0. The van der Waals surface area contributed by atoms with Gasteiger partial charge in [0, 0.05) is 0 Å². The van der Waals surface area contributed by atoms with E-state index in [1.165, 1.54) is 5.32 Å². The van der Waals surface area contributed by atoms with E-state index in [9.17, 15) is 18.0 Å². The Morgan fingerprint density at radius 1 is 1.56 bits per heavy atom. The fraction of sp³-hybridized carbons (Fsp3) is 0.750. The van der Waals surface area contributed by atoms with Crippen molar-refractivity contribution < 1.29 is 18.0 Å². The molecule has 1 N–H and O–H groups in total. The molecule has 0 aliphatic carbocycles. The first-order valence-corrected chi connectivity index (χ1v) is 2.18. The number of amides is 1. The van der Waals surface area contributed by atoms with Gasteiger partial charge in [-0.25, -0.2) is 0 Å². The third-order valence-electron chi connectivity index (χ3n) is 0.766. The second-order valence-corrected chi connectivity index (χ2v) is 1.51. The molecule has 1 radical (unpaired) electrons. The topological polar surface area (TPSA) is 29.1 Å². The highest BCUT2D eigenvalue weighted by Gasteiger charge is 2.35. The van der Waals surface area contributed by atoms with E-state index in [2.05, 4.69) is 0 Å². The van der Waals surface area contributed by atoms with Gasteiger partial charge >= 0.3 is 12.6 Å². The highest BCUT2D eigenvalue weighted by atomic mass is 19.4. The lowest BCUT2D eigenvalue weighted by Gasteiger charge is -2.12. The van der Waals surface area contributed by atoms with Crippen molar-refractivity contribution in [2.45, 2.75) is 19.1 Å². The van der Waals surface area contributed by atoms with Crippen molar-refractivity contribution in [3.8, 4) is 0 Å². The Labute approximate surface area is 50.0 Å². The summed E-state index contributed by atoms with van der Waals surface area (Å²) in [5, 5.41) is 1.45. The molecule has 2 nitrogen and oxygen atoms in total. The number of nitrogens with one attached hydrogen (secondary N) is 1. The smallest absolute Gasteiger partial charge is 0.336 e. The van der Waals surface area contributed by atoms with Gasteiger partial charge in [-0.3, -0.25) is 4.79 Å². The molecule has 0 aromatic carbocycles. The lowest BCUT2D eigenvalue weighted by molar-refractivity contribution is -0.147. The van der Waals surface area contributed by atoms with Gasteiger partial charge in [0.15, 0.2) is 0 Å². The standard InChI is InChI=1S/C4H5F3NO/c1-3(8-2-9)4(5,6)7/h3H,1H3,(H,8,9). The summed E-state index contributed by atoms with van der Waals surface area (Å²) in [5.74, 6) is 0. The zero-order valence-corrected chi connectivity index (χ0v) is 4.62. The average molecular weight is 140 g/mol. The Balaban J connectivity index is 3.72. The van der Waals surface area contributed by atoms with Crippen LogP contribution < -0.4 is 5.32 Å². The van der Waals surface area contributed by atoms with Gasteiger partial charge in [0.25, 0.3) is 0 Å². The third kappa shape index (κ3) is 2.94. The van der Waals surface area contributed by atoms with E-state index in [4.69, 9.17) is 0 Å². The maximum Gasteiger partial charge on any atom is 0.408 e. The van der Waals surface area contributed by atoms with Crippen molar-refractivity contribution in [1.29, 1.82) is 0 Å². The van der Waals surface area contributed by atoms with Crippen LogP contribution in [0.25, 0.3) is 0 Å². The van der Waals surface area contributed by atoms with E-state index in [-0.39, 0.29) is 0 Å². The van der Waals surface area contributed by atoms with Gasteiger partial charge in [-0.05, 0) is 6.92 Å². The van der Waals surface area contributed by atoms with Crippen molar-refractivity contribution in [3.05, 3.63) is 0 Å². The highest BCUT2D eigenvalue weighted by molar-refractivity contribution is 5.47. The Kier molecular flexibility index (Phi) is 2.48. The number of hydrogen-bond donors (Lipinski definition) is 1. The molecule has 0 spiro atoms. The largest absolute Gasteiger partial charge is 0.408 e. The van der Waals surface area contributed by atoms with E-state index >= 15 is 0 Å². The number of alkyl halides is 3. The molecule has 0 rings (SSSR count). The van der Waals surface area contributed by atoms with Crippen LogP contribution in [0, 0.1) is 0 Å². The van der Waals surface area contributed by atoms with Crippen LogP contribution in [0.2, 0.25) is 0 Å². The number of rotatable bonds is 2. The third-order valence-corrected chi connectivity index (χ3v) is 0.766. The fourth-order valence-corrected chi connectivity index (χ4v) is 0.170. The van der Waals surface area contributed by atoms with Gasteiger partial charge in [-0.1, -0.05) is 0 Å². The van der Waals surface area contributed by atoms with Crippen LogP contribution in [-0.2, 0) is 4.79 Å². The molecular weight excluding hydrogens is 135 g/mol. The molecule has 0 saturated heterocycles. The molecule has 0 aromatic rings. The van der Waals surface area contributed by atoms with E-state index in [1.807, 2.05) is 0 Å². The predicted molar refractivity (Wildman–Crippen MR) is 24.3 cm³/mol. The number of hydrogen-bond acceptors (Lipinski definition) is 1. The predicted octanol–water partition coefficient (Wildman–Crippen LogP) is 0.594. The summed E-state index contributed by atoms with van der Waals surface area (Å²) < 4.78 is 34.2. The fourth-order valence-electron chi connectivity index (χ4n) is 0.170. The second-order valence-electron chi connectivity index (χ2n) is 1.51. The molecule has 9 heavy (non-hydrogen) atoms. The minimum absolute atomic E-state index is 0.838. The molecule has 1 amide bonds. The Morgan fingerprint density at radius 2 is 2.00 bits per heavy atom. The van der Waals surface area contributed by atoms with E-state index in [0.717, 1.165) is 13.3 Å². The van der Waals surface area contributed by atoms with Crippen LogP contribution in [-0.4, -0.2) is 18.6 Å². The van der Waals surface area contributed by atoms with Gasteiger partial charge in [-0.15, -0.1) is 0 Å². The molecule has 0 aliphatic rings. The molecule has 0 aliphatic heterocycles. The second kappa shape index (κ2) is 2.70. The van der Waals surface area contributed by atoms with Crippen LogP contribution in [0.5, 0.6) is 0 Å². The van der Waals surface area contributed by atoms with Gasteiger partial charge in [0.1, 0.15) is 6.04 Å². The minimum Gasteiger partial charge on any atom is -0.336 e. The maximum absolute atomic E-state index is 11.4. The van der Waals surface area contributed by atoms with Gasteiger partial charge in [0.2, 0.25) is 0 Å². The molecule has 5 heteroatoms. The summed E-state index contributed by atoms with van der Waals surface area (Å²) in [4.78, 5) is 9.33. The summed E-state index contributed by atoms with van der Waals surface area (Å²) in [6.45, 7) is 0.838. The Bertz CT molecular complexity index is 100. The van der Waals surface area contributed by atoms with Crippen LogP contribution in [0.1, 0.15) is 6.92 Å². The van der Waals surface area contributed by atoms with Crippen LogP contribution >= 0.6 is 0 Å². The first-order valence-electron chi connectivity index (χ1n) is 2.18. The van der Waals surface area contributed by atoms with Crippen LogP contribution in [0.4, 0.5) is 13.2 Å². The zero-order valence-electron chi connectivity index (χ0n) is 4.62. The Morgan fingerprint density at radius 3 is 2.11 bits per heavy atom. The minimum atomic E-state index is -4.36. The molecule has 0 saturated carbocycles. The molecule has 53 valence electrons. The summed E-state index contributed by atoms with van der Waals surface area (Å²) >= 11 is 0. The summed E-state index contributed by atoms with van der Waals surface area (Å²) in [6, 6.07) is -1.81. The quantitative estimate of drug-likeness (QED) is 0.559. The van der Waals surface area contributed by atoms with Crippen LogP contribution in [0.3, 0.4) is 0 Å². The molecule has 0 heterocycles. The maximum atomic E-state index is 11.4. The molecular formula is C4H5F3NO. The van der Waals surface area contributed by atoms with E-state index in [1.54, 1.807) is 0 Å². The summed E-state index contributed by atoms with van der Waals surface area (Å²) in [7, 11) is 0. The highest BCUT2D eigenvalue weighted by Crippen LogP contribution is 2.18. The van der Waals surface area contributed by atoms with Crippen molar-refractivity contribution in [2.75, 3.05) is 0 Å². The van der Waals surface area contributed by atoms with Crippen molar-refractivity contribution in [1.82, 2.24) is 5.32 Å². The van der Waals surface area contributed by atoms with Gasteiger partial charge in [0.05, 0.1) is 0 Å². The monoisotopic (exact) mass is 140 g/mol. The molecule has 0 aromatic heterocycles. The van der Waals surface area contributed by atoms with Crippen molar-refractivity contribution in [2.24, 2.45) is 0 Å². The summed E-state index contributed by atoms with van der Waals surface area (Å²) in [6.07, 6.45) is -3.41. The molecule has 1 atom stereocenters. The first-order chi connectivity index (χ1) is 3.98. The SMILES string of the molecule is CC(N[C]=O)C(F)(F)F. The number of halogens is 3. The lowest BCUT2D eigenvalue weighted by Crippen LogP contribution is -2.38. The van der Waals surface area contributed by atoms with Crippen molar-refractivity contribution >= 4 is 6.41 Å². The van der Waals surface area contributed by atoms with Crippen molar-refractivity contribution in [3.63, 3.8) is 0 Å².